The molecular formula is C12H14N4O2. The van der Waals surface area contributed by atoms with Gasteiger partial charge in [-0.15, -0.1) is 0 Å². The van der Waals surface area contributed by atoms with Crippen molar-refractivity contribution in [1.29, 1.82) is 0 Å². The van der Waals surface area contributed by atoms with Crippen molar-refractivity contribution in [2.75, 3.05) is 36.5 Å². The van der Waals surface area contributed by atoms with Crippen LogP contribution in [0.25, 0.3) is 10.9 Å². The smallest absolute Gasteiger partial charge is 0.211 e. The lowest BCUT2D eigenvalue weighted by molar-refractivity contribution is -0.105. The summed E-state index contributed by atoms with van der Waals surface area (Å²) in [5.74, 6) is 0.919. The van der Waals surface area contributed by atoms with Crippen LogP contribution in [0.15, 0.2) is 18.2 Å². The van der Waals surface area contributed by atoms with E-state index in [9.17, 15) is 4.79 Å². The molecule has 94 valence electrons. The molecule has 1 fully saturated rings. The second-order valence-corrected chi connectivity index (χ2v) is 4.17. The van der Waals surface area contributed by atoms with Gasteiger partial charge in [-0.25, -0.2) is 0 Å². The zero-order valence-electron chi connectivity index (χ0n) is 9.85. The van der Waals surface area contributed by atoms with Crippen LogP contribution in [-0.2, 0) is 9.53 Å². The number of carbonyl (C=O) groups excluding carboxylic acids is 1. The predicted octanol–water partition coefficient (Wildman–Crippen LogP) is 0.968. The standard InChI is InChI=1S/C12H14N4O2/c17-8-13-9-1-2-11-10(7-9)12(15-14-11)16-3-5-18-6-4-16/h1-2,7-8H,3-6H2,(H,13,17)(H,14,15). The molecule has 3 rings (SSSR count). The highest BCUT2D eigenvalue weighted by atomic mass is 16.5. The minimum atomic E-state index is 0.676. The molecule has 2 N–H and O–H groups in total. The summed E-state index contributed by atoms with van der Waals surface area (Å²) in [6, 6.07) is 5.69. The lowest BCUT2D eigenvalue weighted by atomic mass is 10.2. The first-order chi connectivity index (χ1) is 8.88. The van der Waals surface area contributed by atoms with Crippen molar-refractivity contribution in [2.45, 2.75) is 0 Å². The number of anilines is 2. The molecule has 0 spiro atoms. The van der Waals surface area contributed by atoms with Gasteiger partial charge >= 0.3 is 0 Å². The van der Waals surface area contributed by atoms with Gasteiger partial charge in [-0.2, -0.15) is 5.10 Å². The molecule has 18 heavy (non-hydrogen) atoms. The van der Waals surface area contributed by atoms with E-state index >= 15 is 0 Å². The van der Waals surface area contributed by atoms with Gasteiger partial charge in [0.15, 0.2) is 5.82 Å². The van der Waals surface area contributed by atoms with Crippen LogP contribution in [0.3, 0.4) is 0 Å². The summed E-state index contributed by atoms with van der Waals surface area (Å²) in [4.78, 5) is 12.7. The van der Waals surface area contributed by atoms with E-state index in [0.29, 0.717) is 6.41 Å². The van der Waals surface area contributed by atoms with Crippen molar-refractivity contribution in [3.8, 4) is 0 Å². The van der Waals surface area contributed by atoms with Crippen LogP contribution < -0.4 is 10.2 Å². The lowest BCUT2D eigenvalue weighted by Crippen LogP contribution is -2.36. The maximum absolute atomic E-state index is 10.5. The van der Waals surface area contributed by atoms with Crippen LogP contribution >= 0.6 is 0 Å². The Morgan fingerprint density at radius 3 is 3.00 bits per heavy atom. The highest BCUT2D eigenvalue weighted by molar-refractivity contribution is 5.93. The Morgan fingerprint density at radius 2 is 2.22 bits per heavy atom. The Balaban J connectivity index is 2.00. The molecule has 1 aliphatic rings. The Labute approximate surface area is 104 Å². The van der Waals surface area contributed by atoms with E-state index in [1.165, 1.54) is 0 Å². The zero-order chi connectivity index (χ0) is 12.4. The van der Waals surface area contributed by atoms with Gasteiger partial charge in [-0.3, -0.25) is 9.89 Å². The van der Waals surface area contributed by atoms with E-state index in [2.05, 4.69) is 20.4 Å². The van der Waals surface area contributed by atoms with Gasteiger partial charge in [-0.1, -0.05) is 0 Å². The second-order valence-electron chi connectivity index (χ2n) is 4.17. The first kappa shape index (κ1) is 11.0. The number of benzene rings is 1. The number of rotatable bonds is 3. The molecule has 1 amide bonds. The molecule has 0 atom stereocenters. The number of nitrogens with zero attached hydrogens (tertiary/aromatic N) is 2. The van der Waals surface area contributed by atoms with Crippen LogP contribution in [0.5, 0.6) is 0 Å². The van der Waals surface area contributed by atoms with Crippen LogP contribution in [0, 0.1) is 0 Å². The van der Waals surface area contributed by atoms with Crippen LogP contribution in [0.4, 0.5) is 11.5 Å². The maximum atomic E-state index is 10.5. The third kappa shape index (κ3) is 1.91. The van der Waals surface area contributed by atoms with Crippen LogP contribution in [0.1, 0.15) is 0 Å². The monoisotopic (exact) mass is 246 g/mol. The summed E-state index contributed by atoms with van der Waals surface area (Å²) in [7, 11) is 0. The van der Waals surface area contributed by atoms with Crippen LogP contribution in [0.2, 0.25) is 0 Å². The summed E-state index contributed by atoms with van der Waals surface area (Å²) in [5.41, 5.74) is 1.74. The Hall–Kier alpha value is -2.08. The van der Waals surface area contributed by atoms with E-state index in [4.69, 9.17) is 4.74 Å². The van der Waals surface area contributed by atoms with Gasteiger partial charge in [0, 0.05) is 24.2 Å². The number of nitrogens with one attached hydrogen (secondary N) is 2. The molecule has 0 bridgehead atoms. The molecule has 1 aliphatic heterocycles. The van der Waals surface area contributed by atoms with E-state index in [0.717, 1.165) is 48.7 Å². The summed E-state index contributed by atoms with van der Waals surface area (Å²) < 4.78 is 5.33. The molecule has 2 aromatic rings. The minimum absolute atomic E-state index is 0.676. The number of hydrogen-bond donors (Lipinski definition) is 2. The van der Waals surface area contributed by atoms with E-state index in [1.807, 2.05) is 18.2 Å². The molecular weight excluding hydrogens is 232 g/mol. The number of amides is 1. The average molecular weight is 246 g/mol. The molecule has 2 heterocycles. The van der Waals surface area contributed by atoms with E-state index in [-0.39, 0.29) is 0 Å². The van der Waals surface area contributed by atoms with Crippen molar-refractivity contribution in [2.24, 2.45) is 0 Å². The molecule has 6 heteroatoms. The lowest BCUT2D eigenvalue weighted by Gasteiger charge is -2.26. The molecule has 0 unspecified atom stereocenters. The fourth-order valence-electron chi connectivity index (χ4n) is 2.17. The average Bonchev–Trinajstić information content (AvgIpc) is 2.83. The number of aromatic nitrogens is 2. The molecule has 0 radical (unpaired) electrons. The Bertz CT molecular complexity index is 560. The van der Waals surface area contributed by atoms with Gasteiger partial charge in [0.1, 0.15) is 0 Å². The molecule has 1 aromatic heterocycles. The first-order valence-corrected chi connectivity index (χ1v) is 5.89. The molecule has 6 nitrogen and oxygen atoms in total. The molecule has 1 aromatic carbocycles. The SMILES string of the molecule is O=CNc1ccc2[nH]nc(N3CCOCC3)c2c1. The van der Waals surface area contributed by atoms with Gasteiger partial charge in [0.25, 0.3) is 0 Å². The summed E-state index contributed by atoms with van der Waals surface area (Å²) in [6.07, 6.45) is 0.676. The predicted molar refractivity (Wildman–Crippen MR) is 68.8 cm³/mol. The Kier molecular flexibility index (Phi) is 2.85. The fourth-order valence-corrected chi connectivity index (χ4v) is 2.17. The number of morpholine rings is 1. The number of aromatic amines is 1. The number of ether oxygens (including phenoxy) is 1. The van der Waals surface area contributed by atoms with Crippen molar-refractivity contribution < 1.29 is 9.53 Å². The second kappa shape index (κ2) is 4.66. The third-order valence-corrected chi connectivity index (χ3v) is 3.08. The van der Waals surface area contributed by atoms with Crippen molar-refractivity contribution >= 4 is 28.8 Å². The first-order valence-electron chi connectivity index (χ1n) is 5.89. The van der Waals surface area contributed by atoms with E-state index in [1.54, 1.807) is 0 Å². The largest absolute Gasteiger partial charge is 0.378 e. The number of fused-ring (bicyclic) bond motifs is 1. The number of hydrogen-bond acceptors (Lipinski definition) is 4. The van der Waals surface area contributed by atoms with Gasteiger partial charge < -0.3 is 15.0 Å². The van der Waals surface area contributed by atoms with Crippen molar-refractivity contribution in [3.63, 3.8) is 0 Å². The molecule has 0 aliphatic carbocycles. The summed E-state index contributed by atoms with van der Waals surface area (Å²) in [5, 5.41) is 11.0. The molecule has 1 saturated heterocycles. The quantitative estimate of drug-likeness (QED) is 0.792. The number of H-pyrrole nitrogens is 1. The Morgan fingerprint density at radius 1 is 1.39 bits per heavy atom. The maximum Gasteiger partial charge on any atom is 0.211 e. The topological polar surface area (TPSA) is 70.2 Å². The highest BCUT2D eigenvalue weighted by Gasteiger charge is 2.16. The van der Waals surface area contributed by atoms with Crippen molar-refractivity contribution in [1.82, 2.24) is 10.2 Å². The van der Waals surface area contributed by atoms with E-state index < -0.39 is 0 Å². The van der Waals surface area contributed by atoms with Gasteiger partial charge in [-0.05, 0) is 18.2 Å². The normalized spacial score (nSPS) is 15.9. The van der Waals surface area contributed by atoms with Gasteiger partial charge in [0.2, 0.25) is 6.41 Å². The highest BCUT2D eigenvalue weighted by Crippen LogP contribution is 2.27. The number of carbonyl (C=O) groups is 1. The third-order valence-electron chi connectivity index (χ3n) is 3.08. The van der Waals surface area contributed by atoms with Crippen LogP contribution in [-0.4, -0.2) is 42.9 Å². The van der Waals surface area contributed by atoms with Crippen molar-refractivity contribution in [3.05, 3.63) is 18.2 Å². The molecule has 0 saturated carbocycles. The fraction of sp³-hybridized carbons (Fsp3) is 0.333. The summed E-state index contributed by atoms with van der Waals surface area (Å²) in [6.45, 7) is 3.12. The zero-order valence-corrected chi connectivity index (χ0v) is 9.85. The summed E-state index contributed by atoms with van der Waals surface area (Å²) >= 11 is 0. The minimum Gasteiger partial charge on any atom is -0.378 e. The van der Waals surface area contributed by atoms with Gasteiger partial charge in [0.05, 0.1) is 18.7 Å².